The summed E-state index contributed by atoms with van der Waals surface area (Å²) in [7, 11) is 0. The molecule has 0 atom stereocenters. The lowest BCUT2D eigenvalue weighted by molar-refractivity contribution is 0.619. The van der Waals surface area contributed by atoms with E-state index in [0.717, 1.165) is 111 Å². The molecule has 0 spiro atoms. The van der Waals surface area contributed by atoms with E-state index >= 15 is 0 Å². The third-order valence-electron chi connectivity index (χ3n) is 16.1. The van der Waals surface area contributed by atoms with E-state index < -0.39 is 0 Å². The van der Waals surface area contributed by atoms with Crippen molar-refractivity contribution in [2.45, 2.75) is 27.7 Å². The SMILES string of the molecule is Cc1ccc2c(c1)c1ccccc1n2-c1c(-c2cccnc2)c(-c2nc3ccccc3o2)c(-n2c3ccccc3c3cc(C)ccc32)c(-n2c3ccccc3c3cc(C)ccc32)c1-n1c2ccccc2c2cc(C)ccc21. The number of fused-ring (bicyclic) bond motifs is 13. The number of hydrogen-bond donors (Lipinski definition) is 0. The summed E-state index contributed by atoms with van der Waals surface area (Å²) in [5.41, 5.74) is 21.3. The normalized spacial score (nSPS) is 12.2. The summed E-state index contributed by atoms with van der Waals surface area (Å²) in [6, 6.07) is 75.6. The molecule has 7 nitrogen and oxygen atoms in total. The van der Waals surface area contributed by atoms with E-state index in [4.69, 9.17) is 14.4 Å². The number of aryl methyl sites for hydroxylation is 4. The Morgan fingerprint density at radius 1 is 0.325 bits per heavy atom. The summed E-state index contributed by atoms with van der Waals surface area (Å²) in [6.45, 7) is 8.76. The summed E-state index contributed by atoms with van der Waals surface area (Å²) >= 11 is 0. The average Bonchev–Trinajstić information content (AvgIpc) is 4.48. The Hall–Kier alpha value is -9.98. The lowest BCUT2D eigenvalue weighted by Crippen LogP contribution is -2.16. The fourth-order valence-corrected chi connectivity index (χ4v) is 12.8. The van der Waals surface area contributed by atoms with Crippen LogP contribution in [0.1, 0.15) is 22.3 Å². The number of pyridine rings is 1. The largest absolute Gasteiger partial charge is 0.436 e. The quantitative estimate of drug-likeness (QED) is 0.167. The van der Waals surface area contributed by atoms with Crippen LogP contribution in [0.15, 0.2) is 223 Å². The molecule has 16 aromatic rings. The number of nitrogens with zero attached hydrogens (tertiary/aromatic N) is 6. The van der Waals surface area contributed by atoms with E-state index in [1.807, 2.05) is 30.6 Å². The van der Waals surface area contributed by atoms with Crippen LogP contribution in [0.2, 0.25) is 0 Å². The molecule has 0 amide bonds. The highest BCUT2D eigenvalue weighted by atomic mass is 16.3. The van der Waals surface area contributed by atoms with Crippen molar-refractivity contribution in [3.63, 3.8) is 0 Å². The smallest absolute Gasteiger partial charge is 0.230 e. The highest BCUT2D eigenvalue weighted by Gasteiger charge is 2.37. The van der Waals surface area contributed by atoms with Crippen molar-refractivity contribution < 1.29 is 4.42 Å². The van der Waals surface area contributed by atoms with Crippen molar-refractivity contribution in [1.82, 2.24) is 28.2 Å². The van der Waals surface area contributed by atoms with Crippen LogP contribution in [-0.4, -0.2) is 28.2 Å². The summed E-state index contributed by atoms with van der Waals surface area (Å²) in [5, 5.41) is 9.30. The number of rotatable bonds is 6. The molecule has 0 unspecified atom stereocenters. The number of hydrogen-bond acceptors (Lipinski definition) is 3. The van der Waals surface area contributed by atoms with Gasteiger partial charge in [0.2, 0.25) is 5.89 Å². The van der Waals surface area contributed by atoms with Crippen LogP contribution >= 0.6 is 0 Å². The van der Waals surface area contributed by atoms with Crippen LogP contribution in [0.4, 0.5) is 0 Å². The zero-order valence-electron chi connectivity index (χ0n) is 42.9. The number of oxazole rings is 1. The minimum absolute atomic E-state index is 0.498. The first kappa shape index (κ1) is 43.4. The lowest BCUT2D eigenvalue weighted by Gasteiger charge is -2.30. The summed E-state index contributed by atoms with van der Waals surface area (Å²) in [6.07, 6.45) is 3.89. The topological polar surface area (TPSA) is 58.6 Å². The molecule has 0 radical (unpaired) electrons. The average molecular weight is 989 g/mol. The zero-order valence-corrected chi connectivity index (χ0v) is 42.9. The molecule has 0 bridgehead atoms. The minimum Gasteiger partial charge on any atom is -0.436 e. The maximum Gasteiger partial charge on any atom is 0.230 e. The van der Waals surface area contributed by atoms with Gasteiger partial charge in [-0.05, 0) is 119 Å². The number of aromatic nitrogens is 6. The zero-order chi connectivity index (χ0) is 51.2. The Morgan fingerprint density at radius 2 is 0.688 bits per heavy atom. The molecule has 364 valence electrons. The third kappa shape index (κ3) is 6.19. The van der Waals surface area contributed by atoms with Gasteiger partial charge in [-0.15, -0.1) is 0 Å². The molecule has 6 aromatic heterocycles. The van der Waals surface area contributed by atoms with Gasteiger partial charge in [0.25, 0.3) is 0 Å². The van der Waals surface area contributed by atoms with Gasteiger partial charge in [0.05, 0.1) is 72.4 Å². The van der Waals surface area contributed by atoms with Crippen molar-refractivity contribution >= 4 is 98.3 Å². The molecule has 10 aromatic carbocycles. The Labute approximate surface area is 442 Å². The predicted octanol–water partition coefficient (Wildman–Crippen LogP) is 18.2. The van der Waals surface area contributed by atoms with Crippen molar-refractivity contribution in [1.29, 1.82) is 0 Å². The fraction of sp³-hybridized carbons (Fsp3) is 0.0571. The molecule has 77 heavy (non-hydrogen) atoms. The predicted molar refractivity (Wildman–Crippen MR) is 319 cm³/mol. The van der Waals surface area contributed by atoms with E-state index in [9.17, 15) is 0 Å². The van der Waals surface area contributed by atoms with Crippen LogP contribution in [0, 0.1) is 27.7 Å². The molecule has 0 aliphatic rings. The lowest BCUT2D eigenvalue weighted by atomic mass is 9.92. The molecule has 16 rings (SSSR count). The molecule has 0 aliphatic heterocycles. The molecule has 0 saturated carbocycles. The molecule has 0 aliphatic carbocycles. The molecule has 0 fully saturated rings. The first-order chi connectivity index (χ1) is 37.9. The minimum atomic E-state index is 0.498. The Balaban J connectivity index is 1.31. The molecule has 6 heterocycles. The van der Waals surface area contributed by atoms with Gasteiger partial charge in [0.1, 0.15) is 5.52 Å². The summed E-state index contributed by atoms with van der Waals surface area (Å²) in [4.78, 5) is 10.6. The first-order valence-corrected chi connectivity index (χ1v) is 26.4. The van der Waals surface area contributed by atoms with E-state index in [0.29, 0.717) is 11.5 Å². The molecule has 0 N–H and O–H groups in total. The Morgan fingerprint density at radius 3 is 1.09 bits per heavy atom. The van der Waals surface area contributed by atoms with Crippen LogP contribution < -0.4 is 0 Å². The van der Waals surface area contributed by atoms with E-state index in [2.05, 4.69) is 234 Å². The van der Waals surface area contributed by atoms with Gasteiger partial charge in [0, 0.05) is 66.6 Å². The van der Waals surface area contributed by atoms with Gasteiger partial charge >= 0.3 is 0 Å². The van der Waals surface area contributed by atoms with Gasteiger partial charge < -0.3 is 22.7 Å². The first-order valence-electron chi connectivity index (χ1n) is 26.4. The van der Waals surface area contributed by atoms with Crippen molar-refractivity contribution in [2.24, 2.45) is 0 Å². The van der Waals surface area contributed by atoms with Gasteiger partial charge in [-0.3, -0.25) is 4.98 Å². The van der Waals surface area contributed by atoms with Crippen molar-refractivity contribution in [3.05, 3.63) is 241 Å². The van der Waals surface area contributed by atoms with Crippen molar-refractivity contribution in [2.75, 3.05) is 0 Å². The third-order valence-corrected chi connectivity index (χ3v) is 16.1. The number of benzene rings is 10. The Kier molecular flexibility index (Phi) is 9.17. The highest BCUT2D eigenvalue weighted by molar-refractivity contribution is 6.18. The summed E-state index contributed by atoms with van der Waals surface area (Å²) in [5.74, 6) is 0.498. The van der Waals surface area contributed by atoms with Crippen LogP contribution in [-0.2, 0) is 0 Å². The van der Waals surface area contributed by atoms with E-state index in [1.165, 1.54) is 43.8 Å². The van der Waals surface area contributed by atoms with Gasteiger partial charge in [-0.1, -0.05) is 138 Å². The maximum absolute atomic E-state index is 7.34. The second-order valence-corrected chi connectivity index (χ2v) is 20.9. The van der Waals surface area contributed by atoms with Crippen LogP contribution in [0.5, 0.6) is 0 Å². The molecular weight excluding hydrogens is 941 g/mol. The molecule has 0 saturated heterocycles. The second kappa shape index (κ2) is 16.3. The Bertz CT molecular complexity index is 5120. The standard InChI is InChI=1S/C70H48N6O/c1-41-27-31-59-50(36-41)46-17-5-10-22-55(46)73(59)66-64(45-16-15-35-71-40-45)65(70-72-54-21-9-14-26-63(54)77-70)67(74-56-23-11-6-18-47(56)51-37-42(2)28-32-60(51)74)69(76-58-25-13-8-20-49(58)53-39-44(4)30-34-62(53)76)68(66)75-57-24-12-7-19-48(57)52-38-43(3)29-33-61(52)75/h5-40H,1-4H3. The van der Waals surface area contributed by atoms with Gasteiger partial charge in [0.15, 0.2) is 5.58 Å². The second-order valence-electron chi connectivity index (χ2n) is 20.9. The van der Waals surface area contributed by atoms with Crippen LogP contribution in [0.3, 0.4) is 0 Å². The van der Waals surface area contributed by atoms with E-state index in [1.54, 1.807) is 0 Å². The van der Waals surface area contributed by atoms with Crippen molar-refractivity contribution in [3.8, 4) is 45.3 Å². The monoisotopic (exact) mass is 988 g/mol. The maximum atomic E-state index is 7.34. The van der Waals surface area contributed by atoms with Crippen LogP contribution in [0.25, 0.3) is 144 Å². The van der Waals surface area contributed by atoms with Gasteiger partial charge in [-0.25, -0.2) is 4.98 Å². The van der Waals surface area contributed by atoms with E-state index in [-0.39, 0.29) is 0 Å². The fourth-order valence-electron chi connectivity index (χ4n) is 12.8. The highest BCUT2D eigenvalue weighted by Crippen LogP contribution is 2.54. The van der Waals surface area contributed by atoms with Gasteiger partial charge in [-0.2, -0.15) is 0 Å². The molecular formula is C70H48N6O. The molecule has 7 heteroatoms. The number of para-hydroxylation sites is 6. The summed E-state index contributed by atoms with van der Waals surface area (Å²) < 4.78 is 17.5.